The summed E-state index contributed by atoms with van der Waals surface area (Å²) in [6, 6.07) is 0. The monoisotopic (exact) mass is 254 g/mol. The van der Waals surface area contributed by atoms with Gasteiger partial charge in [-0.15, -0.1) is 0 Å². The van der Waals surface area contributed by atoms with Crippen molar-refractivity contribution in [2.45, 2.75) is 45.3 Å². The Morgan fingerprint density at radius 1 is 1.39 bits per heavy atom. The first-order chi connectivity index (χ1) is 8.69. The van der Waals surface area contributed by atoms with Crippen molar-refractivity contribution in [2.24, 2.45) is 0 Å². The van der Waals surface area contributed by atoms with Crippen molar-refractivity contribution in [2.75, 3.05) is 6.61 Å². The fourth-order valence-corrected chi connectivity index (χ4v) is 2.19. The maximum atomic E-state index is 11.6. The summed E-state index contributed by atoms with van der Waals surface area (Å²) in [5, 5.41) is 18.6. The summed E-state index contributed by atoms with van der Waals surface area (Å²) in [5.74, 6) is 0.449. The van der Waals surface area contributed by atoms with E-state index >= 15 is 0 Å². The number of carbonyl (C=O) groups excluding carboxylic acids is 1. The molecule has 0 saturated carbocycles. The predicted molar refractivity (Wildman–Crippen MR) is 63.1 cm³/mol. The summed E-state index contributed by atoms with van der Waals surface area (Å²) < 4.78 is 10.5. The number of hydrogen-bond acceptors (Lipinski definition) is 5. The molecule has 1 aromatic heterocycles. The van der Waals surface area contributed by atoms with E-state index in [4.69, 9.17) is 14.3 Å². The first-order valence-corrected chi connectivity index (χ1v) is 6.29. The second-order valence-corrected chi connectivity index (χ2v) is 4.47. The van der Waals surface area contributed by atoms with Gasteiger partial charge in [-0.1, -0.05) is 19.8 Å². The average molecular weight is 254 g/mol. The van der Waals surface area contributed by atoms with E-state index in [1.807, 2.05) is 0 Å². The molecule has 1 atom stereocenters. The zero-order valence-corrected chi connectivity index (χ0v) is 10.4. The summed E-state index contributed by atoms with van der Waals surface area (Å²) in [4.78, 5) is 11.6. The molecule has 2 N–H and O–H groups in total. The summed E-state index contributed by atoms with van der Waals surface area (Å²) in [7, 11) is 0. The second kappa shape index (κ2) is 5.54. The van der Waals surface area contributed by atoms with Crippen LogP contribution in [-0.4, -0.2) is 22.8 Å². The number of carbonyl (C=O) groups is 1. The molecular weight excluding hydrogens is 236 g/mol. The van der Waals surface area contributed by atoms with Crippen LogP contribution in [0.15, 0.2) is 4.42 Å². The number of aliphatic hydroxyl groups excluding tert-OH is 2. The lowest BCUT2D eigenvalue weighted by molar-refractivity contribution is 0.0503. The van der Waals surface area contributed by atoms with Gasteiger partial charge in [0.15, 0.2) is 0 Å². The molecule has 1 aliphatic heterocycles. The fourth-order valence-electron chi connectivity index (χ4n) is 2.19. The van der Waals surface area contributed by atoms with Gasteiger partial charge in [0.05, 0.1) is 6.61 Å². The number of hydrogen-bond donors (Lipinski definition) is 2. The Bertz CT molecular complexity index is 435. The summed E-state index contributed by atoms with van der Waals surface area (Å²) >= 11 is 0. The average Bonchev–Trinajstić information content (AvgIpc) is 2.91. The van der Waals surface area contributed by atoms with E-state index < -0.39 is 18.7 Å². The van der Waals surface area contributed by atoms with Crippen molar-refractivity contribution in [3.63, 3.8) is 0 Å². The van der Waals surface area contributed by atoms with E-state index in [-0.39, 0.29) is 12.4 Å². The van der Waals surface area contributed by atoms with Crippen LogP contribution in [0.4, 0.5) is 0 Å². The van der Waals surface area contributed by atoms with Crippen LogP contribution in [0, 0.1) is 0 Å². The Labute approximate surface area is 105 Å². The molecule has 2 heterocycles. The maximum absolute atomic E-state index is 11.6. The molecule has 1 aromatic rings. The van der Waals surface area contributed by atoms with Gasteiger partial charge in [0.2, 0.25) is 0 Å². The SMILES string of the molecule is CCCCCc1oc([C@H](O)CO)c2c1C(=O)OC2. The number of aliphatic hydroxyl groups is 2. The molecule has 5 heteroatoms. The molecular formula is C13H18O5. The number of esters is 1. The minimum atomic E-state index is -1.09. The van der Waals surface area contributed by atoms with E-state index in [1.165, 1.54) is 0 Å². The molecule has 0 amide bonds. The number of fused-ring (bicyclic) bond motifs is 1. The number of aryl methyl sites for hydroxylation is 1. The molecule has 2 rings (SSSR count). The van der Waals surface area contributed by atoms with Crippen LogP contribution in [0.25, 0.3) is 0 Å². The second-order valence-electron chi connectivity index (χ2n) is 4.47. The van der Waals surface area contributed by atoms with Gasteiger partial charge in [-0.05, 0) is 6.42 Å². The number of ether oxygens (including phenoxy) is 1. The summed E-state index contributed by atoms with van der Waals surface area (Å²) in [6.45, 7) is 1.79. The highest BCUT2D eigenvalue weighted by atomic mass is 16.5. The Kier molecular flexibility index (Phi) is 4.04. The Morgan fingerprint density at radius 3 is 2.83 bits per heavy atom. The maximum Gasteiger partial charge on any atom is 0.342 e. The Balaban J connectivity index is 2.27. The van der Waals surface area contributed by atoms with Gasteiger partial charge < -0.3 is 19.4 Å². The zero-order chi connectivity index (χ0) is 13.1. The summed E-state index contributed by atoms with van der Waals surface area (Å²) in [5.41, 5.74) is 1.04. The van der Waals surface area contributed by atoms with Crippen molar-refractivity contribution in [3.8, 4) is 0 Å². The van der Waals surface area contributed by atoms with Crippen LogP contribution < -0.4 is 0 Å². The fraction of sp³-hybridized carbons (Fsp3) is 0.615. The lowest BCUT2D eigenvalue weighted by Crippen LogP contribution is -2.03. The van der Waals surface area contributed by atoms with Crippen LogP contribution in [0.2, 0.25) is 0 Å². The van der Waals surface area contributed by atoms with Gasteiger partial charge in [0.1, 0.15) is 29.8 Å². The topological polar surface area (TPSA) is 79.9 Å². The van der Waals surface area contributed by atoms with Gasteiger partial charge in [0.25, 0.3) is 0 Å². The van der Waals surface area contributed by atoms with Crippen LogP contribution in [0.3, 0.4) is 0 Å². The minimum absolute atomic E-state index is 0.123. The predicted octanol–water partition coefficient (Wildman–Crippen LogP) is 1.71. The molecule has 0 fully saturated rings. The third-order valence-corrected chi connectivity index (χ3v) is 3.15. The van der Waals surface area contributed by atoms with Crippen LogP contribution in [0.1, 0.15) is 59.7 Å². The number of cyclic esters (lactones) is 1. The van der Waals surface area contributed by atoms with E-state index in [1.54, 1.807) is 0 Å². The van der Waals surface area contributed by atoms with Gasteiger partial charge in [-0.3, -0.25) is 0 Å². The number of furan rings is 1. The van der Waals surface area contributed by atoms with Crippen molar-refractivity contribution >= 4 is 5.97 Å². The lowest BCUT2D eigenvalue weighted by atomic mass is 10.1. The lowest BCUT2D eigenvalue weighted by Gasteiger charge is -2.05. The minimum Gasteiger partial charge on any atom is -0.462 e. The largest absolute Gasteiger partial charge is 0.462 e. The highest BCUT2D eigenvalue weighted by molar-refractivity contribution is 5.94. The van der Waals surface area contributed by atoms with Crippen molar-refractivity contribution in [1.82, 2.24) is 0 Å². The smallest absolute Gasteiger partial charge is 0.342 e. The summed E-state index contributed by atoms with van der Waals surface area (Å²) in [6.07, 6.45) is 2.64. The van der Waals surface area contributed by atoms with Gasteiger partial charge in [-0.2, -0.15) is 0 Å². The van der Waals surface area contributed by atoms with Crippen LogP contribution in [0.5, 0.6) is 0 Å². The molecule has 0 aromatic carbocycles. The molecule has 5 nitrogen and oxygen atoms in total. The third-order valence-electron chi connectivity index (χ3n) is 3.15. The van der Waals surface area contributed by atoms with Crippen LogP contribution in [-0.2, 0) is 17.8 Å². The van der Waals surface area contributed by atoms with Crippen LogP contribution >= 0.6 is 0 Å². The molecule has 18 heavy (non-hydrogen) atoms. The van der Waals surface area contributed by atoms with Crippen molar-refractivity contribution < 1.29 is 24.2 Å². The third kappa shape index (κ3) is 2.28. The quantitative estimate of drug-likeness (QED) is 0.596. The molecule has 1 aliphatic rings. The van der Waals surface area contributed by atoms with Gasteiger partial charge >= 0.3 is 5.97 Å². The van der Waals surface area contributed by atoms with E-state index in [0.717, 1.165) is 19.3 Å². The van der Waals surface area contributed by atoms with E-state index in [2.05, 4.69) is 6.92 Å². The standard InChI is InChI=1S/C13H18O5/c1-2-3-4-5-10-11-8(7-17-13(11)16)12(18-10)9(15)6-14/h9,14-15H,2-7H2,1H3/t9-/m1/s1. The first kappa shape index (κ1) is 13.1. The number of rotatable bonds is 6. The van der Waals surface area contributed by atoms with E-state index in [9.17, 15) is 9.90 Å². The molecule has 0 unspecified atom stereocenters. The Morgan fingerprint density at radius 2 is 2.17 bits per heavy atom. The van der Waals surface area contributed by atoms with Crippen molar-refractivity contribution in [3.05, 3.63) is 22.6 Å². The molecule has 100 valence electrons. The number of unbranched alkanes of at least 4 members (excludes halogenated alkanes) is 2. The first-order valence-electron chi connectivity index (χ1n) is 6.29. The molecule has 0 spiro atoms. The van der Waals surface area contributed by atoms with Gasteiger partial charge in [0, 0.05) is 12.0 Å². The van der Waals surface area contributed by atoms with E-state index in [0.29, 0.717) is 23.3 Å². The molecule has 0 radical (unpaired) electrons. The highest BCUT2D eigenvalue weighted by Crippen LogP contribution is 2.34. The molecule has 0 aliphatic carbocycles. The Hall–Kier alpha value is -1.33. The zero-order valence-electron chi connectivity index (χ0n) is 10.4. The normalized spacial score (nSPS) is 15.6. The highest BCUT2D eigenvalue weighted by Gasteiger charge is 2.34. The van der Waals surface area contributed by atoms with Crippen molar-refractivity contribution in [1.29, 1.82) is 0 Å². The molecule has 0 bridgehead atoms. The molecule has 0 saturated heterocycles. The van der Waals surface area contributed by atoms with Gasteiger partial charge in [-0.25, -0.2) is 4.79 Å².